The van der Waals surface area contributed by atoms with Crippen molar-refractivity contribution in [2.45, 2.75) is 20.3 Å². The lowest BCUT2D eigenvalue weighted by molar-refractivity contribution is 0.0988. The molecule has 1 aliphatic heterocycles. The number of fused-ring (bicyclic) bond motifs is 1. The molecule has 0 atom stereocenters. The minimum Gasteiger partial charge on any atom is -0.399 e. The van der Waals surface area contributed by atoms with Gasteiger partial charge in [-0.1, -0.05) is 23.8 Å². The molecule has 102 valence electrons. The Kier molecular flexibility index (Phi) is 2.97. The van der Waals surface area contributed by atoms with E-state index in [1.54, 1.807) is 0 Å². The van der Waals surface area contributed by atoms with Crippen molar-refractivity contribution in [3.05, 3.63) is 58.7 Å². The summed E-state index contributed by atoms with van der Waals surface area (Å²) in [6.07, 6.45) is 0.895. The third-order valence-electron chi connectivity index (χ3n) is 3.87. The molecule has 1 aliphatic rings. The molecule has 20 heavy (non-hydrogen) atoms. The lowest BCUT2D eigenvalue weighted by Crippen LogP contribution is -2.29. The number of nitrogen functional groups attached to an aromatic ring is 1. The Morgan fingerprint density at radius 3 is 2.75 bits per heavy atom. The van der Waals surface area contributed by atoms with E-state index in [1.165, 1.54) is 5.56 Å². The fourth-order valence-electron chi connectivity index (χ4n) is 2.72. The maximum Gasteiger partial charge on any atom is 0.258 e. The van der Waals surface area contributed by atoms with E-state index in [4.69, 9.17) is 5.73 Å². The number of anilines is 2. The van der Waals surface area contributed by atoms with E-state index in [1.807, 2.05) is 55.1 Å². The first-order chi connectivity index (χ1) is 9.56. The van der Waals surface area contributed by atoms with Gasteiger partial charge in [0.25, 0.3) is 5.91 Å². The lowest BCUT2D eigenvalue weighted by Gasteiger charge is -2.19. The van der Waals surface area contributed by atoms with Crippen LogP contribution >= 0.6 is 0 Å². The van der Waals surface area contributed by atoms with Crippen LogP contribution in [0.3, 0.4) is 0 Å². The fourth-order valence-corrected chi connectivity index (χ4v) is 2.72. The molecule has 0 saturated heterocycles. The summed E-state index contributed by atoms with van der Waals surface area (Å²) in [4.78, 5) is 14.6. The van der Waals surface area contributed by atoms with Gasteiger partial charge in [-0.3, -0.25) is 4.79 Å². The van der Waals surface area contributed by atoms with Crippen LogP contribution < -0.4 is 10.6 Å². The second-order valence-electron chi connectivity index (χ2n) is 5.41. The van der Waals surface area contributed by atoms with E-state index in [2.05, 4.69) is 0 Å². The zero-order chi connectivity index (χ0) is 14.3. The van der Waals surface area contributed by atoms with Gasteiger partial charge < -0.3 is 10.6 Å². The molecule has 0 radical (unpaired) electrons. The number of rotatable bonds is 1. The number of aryl methyl sites for hydroxylation is 2. The van der Waals surface area contributed by atoms with Crippen molar-refractivity contribution in [1.82, 2.24) is 0 Å². The molecule has 0 spiro atoms. The summed E-state index contributed by atoms with van der Waals surface area (Å²) in [7, 11) is 0. The first-order valence-electron chi connectivity index (χ1n) is 6.84. The number of carbonyl (C=O) groups excluding carboxylic acids is 1. The molecule has 0 unspecified atom stereocenters. The predicted octanol–water partition coefficient (Wildman–Crippen LogP) is 3.09. The number of nitrogens with two attached hydrogens (primary N) is 1. The number of carbonyl (C=O) groups is 1. The second kappa shape index (κ2) is 4.67. The van der Waals surface area contributed by atoms with Crippen molar-refractivity contribution in [2.75, 3.05) is 17.2 Å². The minimum absolute atomic E-state index is 0.0653. The average molecular weight is 266 g/mol. The molecule has 0 fully saturated rings. The first kappa shape index (κ1) is 12.7. The normalized spacial score (nSPS) is 13.4. The third-order valence-corrected chi connectivity index (χ3v) is 3.87. The molecule has 1 amide bonds. The van der Waals surface area contributed by atoms with E-state index >= 15 is 0 Å². The summed E-state index contributed by atoms with van der Waals surface area (Å²) in [6.45, 7) is 4.71. The van der Waals surface area contributed by atoms with E-state index in [0.717, 1.165) is 35.3 Å². The lowest BCUT2D eigenvalue weighted by atomic mass is 10.0. The highest BCUT2D eigenvalue weighted by atomic mass is 16.2. The summed E-state index contributed by atoms with van der Waals surface area (Å²) in [6, 6.07) is 11.8. The Labute approximate surface area is 119 Å². The van der Waals surface area contributed by atoms with E-state index < -0.39 is 0 Å². The number of hydrogen-bond donors (Lipinski definition) is 1. The smallest absolute Gasteiger partial charge is 0.258 e. The van der Waals surface area contributed by atoms with Gasteiger partial charge in [-0.05, 0) is 49.6 Å². The Bertz CT molecular complexity index is 691. The number of benzene rings is 2. The monoisotopic (exact) mass is 266 g/mol. The molecule has 2 aromatic carbocycles. The molecule has 1 heterocycles. The van der Waals surface area contributed by atoms with Crippen LogP contribution in [0.2, 0.25) is 0 Å². The predicted molar refractivity (Wildman–Crippen MR) is 82.2 cm³/mol. The van der Waals surface area contributed by atoms with Gasteiger partial charge in [0, 0.05) is 23.5 Å². The number of hydrogen-bond acceptors (Lipinski definition) is 2. The van der Waals surface area contributed by atoms with Crippen LogP contribution in [0, 0.1) is 13.8 Å². The Hall–Kier alpha value is -2.29. The van der Waals surface area contributed by atoms with E-state index in [9.17, 15) is 4.79 Å². The fraction of sp³-hybridized carbons (Fsp3) is 0.235. The van der Waals surface area contributed by atoms with Crippen molar-refractivity contribution in [3.8, 4) is 0 Å². The summed E-state index contributed by atoms with van der Waals surface area (Å²) in [5.41, 5.74) is 11.6. The van der Waals surface area contributed by atoms with Crippen molar-refractivity contribution < 1.29 is 4.79 Å². The van der Waals surface area contributed by atoms with Gasteiger partial charge in [0.15, 0.2) is 0 Å². The van der Waals surface area contributed by atoms with Gasteiger partial charge in [-0.2, -0.15) is 0 Å². The molecule has 0 saturated carbocycles. The molecule has 0 bridgehead atoms. The van der Waals surface area contributed by atoms with Crippen molar-refractivity contribution in [1.29, 1.82) is 0 Å². The highest BCUT2D eigenvalue weighted by Crippen LogP contribution is 2.31. The maximum absolute atomic E-state index is 12.8. The second-order valence-corrected chi connectivity index (χ2v) is 5.41. The van der Waals surface area contributed by atoms with Crippen LogP contribution in [0.1, 0.15) is 27.0 Å². The molecule has 3 rings (SSSR count). The van der Waals surface area contributed by atoms with Crippen LogP contribution in [0.15, 0.2) is 36.4 Å². The molecular formula is C17H18N2O. The topological polar surface area (TPSA) is 46.3 Å². The largest absolute Gasteiger partial charge is 0.399 e. The molecule has 2 N–H and O–H groups in total. The van der Waals surface area contributed by atoms with Crippen molar-refractivity contribution in [2.24, 2.45) is 0 Å². The Morgan fingerprint density at radius 2 is 1.95 bits per heavy atom. The summed E-state index contributed by atoms with van der Waals surface area (Å²) >= 11 is 0. The van der Waals surface area contributed by atoms with Gasteiger partial charge in [-0.25, -0.2) is 0 Å². The first-order valence-corrected chi connectivity index (χ1v) is 6.84. The van der Waals surface area contributed by atoms with Gasteiger partial charge in [0.05, 0.1) is 0 Å². The third kappa shape index (κ3) is 2.05. The summed E-state index contributed by atoms with van der Waals surface area (Å²) < 4.78 is 0. The van der Waals surface area contributed by atoms with Crippen molar-refractivity contribution >= 4 is 17.3 Å². The van der Waals surface area contributed by atoms with Crippen molar-refractivity contribution in [3.63, 3.8) is 0 Å². The SMILES string of the molecule is Cc1ccc(C)c(C(=O)N2CCc3ccc(N)cc32)c1. The van der Waals surface area contributed by atoms with Crippen LogP contribution in [0.5, 0.6) is 0 Å². The standard InChI is InChI=1S/C17H18N2O/c1-11-3-4-12(2)15(9-11)17(20)19-8-7-13-5-6-14(18)10-16(13)19/h3-6,9-10H,7-8,18H2,1-2H3. The number of amides is 1. The minimum atomic E-state index is 0.0653. The van der Waals surface area contributed by atoms with Gasteiger partial charge >= 0.3 is 0 Å². The van der Waals surface area contributed by atoms with Gasteiger partial charge in [-0.15, -0.1) is 0 Å². The Balaban J connectivity index is 2.01. The van der Waals surface area contributed by atoms with Crippen LogP contribution in [0.25, 0.3) is 0 Å². The zero-order valence-corrected chi connectivity index (χ0v) is 11.8. The molecule has 3 heteroatoms. The molecule has 2 aromatic rings. The molecular weight excluding hydrogens is 248 g/mol. The molecule has 0 aliphatic carbocycles. The molecule has 0 aromatic heterocycles. The summed E-state index contributed by atoms with van der Waals surface area (Å²) in [5, 5.41) is 0. The van der Waals surface area contributed by atoms with E-state index in [0.29, 0.717) is 5.69 Å². The highest BCUT2D eigenvalue weighted by Gasteiger charge is 2.26. The Morgan fingerprint density at radius 1 is 1.15 bits per heavy atom. The average Bonchev–Trinajstić information content (AvgIpc) is 2.83. The van der Waals surface area contributed by atoms with E-state index in [-0.39, 0.29) is 5.91 Å². The number of nitrogens with zero attached hydrogens (tertiary/aromatic N) is 1. The summed E-state index contributed by atoms with van der Waals surface area (Å²) in [5.74, 6) is 0.0653. The van der Waals surface area contributed by atoms with Crippen LogP contribution in [0.4, 0.5) is 11.4 Å². The quantitative estimate of drug-likeness (QED) is 0.806. The van der Waals surface area contributed by atoms with Gasteiger partial charge in [0.2, 0.25) is 0 Å². The van der Waals surface area contributed by atoms with Crippen LogP contribution in [-0.2, 0) is 6.42 Å². The zero-order valence-electron chi connectivity index (χ0n) is 11.8. The maximum atomic E-state index is 12.8. The van der Waals surface area contributed by atoms with Crippen LogP contribution in [-0.4, -0.2) is 12.5 Å². The van der Waals surface area contributed by atoms with Gasteiger partial charge in [0.1, 0.15) is 0 Å². The molecule has 3 nitrogen and oxygen atoms in total. The highest BCUT2D eigenvalue weighted by molar-refractivity contribution is 6.08.